The summed E-state index contributed by atoms with van der Waals surface area (Å²) in [6.45, 7) is 7.26. The molecule has 0 saturated heterocycles. The fourth-order valence-corrected chi connectivity index (χ4v) is 2.41. The largest absolute Gasteiger partial charge is 0.469 e. The summed E-state index contributed by atoms with van der Waals surface area (Å²) in [7, 11) is 0. The maximum atomic E-state index is 5.44. The summed E-state index contributed by atoms with van der Waals surface area (Å²) in [5.74, 6) is 0.959. The lowest BCUT2D eigenvalue weighted by molar-refractivity contribution is 0.525. The van der Waals surface area contributed by atoms with Crippen molar-refractivity contribution in [3.63, 3.8) is 0 Å². The molecule has 0 aliphatic rings. The van der Waals surface area contributed by atoms with Gasteiger partial charge >= 0.3 is 0 Å². The van der Waals surface area contributed by atoms with Gasteiger partial charge in [0.2, 0.25) is 0 Å². The van der Waals surface area contributed by atoms with Crippen LogP contribution in [0.3, 0.4) is 0 Å². The minimum absolute atomic E-state index is 0.220. The van der Waals surface area contributed by atoms with Gasteiger partial charge in [0.15, 0.2) is 0 Å². The van der Waals surface area contributed by atoms with Crippen LogP contribution in [0.25, 0.3) is 0 Å². The molecule has 0 saturated carbocycles. The van der Waals surface area contributed by atoms with Gasteiger partial charge in [0, 0.05) is 5.56 Å². The Morgan fingerprint density at radius 1 is 1.11 bits per heavy atom. The van der Waals surface area contributed by atoms with Gasteiger partial charge in [-0.25, -0.2) is 0 Å². The second-order valence-corrected chi connectivity index (χ2v) is 4.97. The van der Waals surface area contributed by atoms with Crippen LogP contribution in [-0.4, -0.2) is 6.54 Å². The average molecular weight is 257 g/mol. The first-order valence-electron chi connectivity index (χ1n) is 7.11. The Kier molecular flexibility index (Phi) is 4.80. The number of hydrogen-bond donors (Lipinski definition) is 1. The zero-order valence-corrected chi connectivity index (χ0v) is 12.1. The van der Waals surface area contributed by atoms with Crippen LogP contribution in [0.15, 0.2) is 41.0 Å². The van der Waals surface area contributed by atoms with Crippen molar-refractivity contribution in [3.8, 4) is 0 Å². The standard InChI is InChI=1S/C17H23NO/c1-4-6-14-7-9-15(10-8-14)17(18-5-2)16-11-13(3)19-12-16/h7-12,17-18H,4-6H2,1-3H3. The van der Waals surface area contributed by atoms with Crippen LogP contribution < -0.4 is 5.32 Å². The molecule has 2 rings (SSSR count). The Balaban J connectivity index is 2.23. The molecular weight excluding hydrogens is 234 g/mol. The summed E-state index contributed by atoms with van der Waals surface area (Å²) < 4.78 is 5.44. The molecule has 0 fully saturated rings. The Labute approximate surface area is 115 Å². The second kappa shape index (κ2) is 6.58. The Bertz CT molecular complexity index is 498. The molecule has 1 N–H and O–H groups in total. The number of aryl methyl sites for hydroxylation is 2. The fraction of sp³-hybridized carbons (Fsp3) is 0.412. The van der Waals surface area contributed by atoms with Gasteiger partial charge in [-0.2, -0.15) is 0 Å². The van der Waals surface area contributed by atoms with Gasteiger partial charge in [0.25, 0.3) is 0 Å². The van der Waals surface area contributed by atoms with E-state index in [0.717, 1.165) is 18.7 Å². The minimum Gasteiger partial charge on any atom is -0.469 e. The van der Waals surface area contributed by atoms with Gasteiger partial charge in [0.1, 0.15) is 5.76 Å². The molecule has 0 radical (unpaired) electrons. The lowest BCUT2D eigenvalue weighted by atomic mass is 9.98. The van der Waals surface area contributed by atoms with Gasteiger partial charge < -0.3 is 9.73 Å². The van der Waals surface area contributed by atoms with Crippen molar-refractivity contribution in [2.45, 2.75) is 39.7 Å². The summed E-state index contributed by atoms with van der Waals surface area (Å²) in [5.41, 5.74) is 3.90. The van der Waals surface area contributed by atoms with Gasteiger partial charge in [0.05, 0.1) is 12.3 Å². The van der Waals surface area contributed by atoms with E-state index in [4.69, 9.17) is 4.42 Å². The van der Waals surface area contributed by atoms with E-state index in [9.17, 15) is 0 Å². The highest BCUT2D eigenvalue weighted by Crippen LogP contribution is 2.24. The normalized spacial score (nSPS) is 12.6. The number of benzene rings is 1. The molecule has 1 aromatic carbocycles. The van der Waals surface area contributed by atoms with E-state index >= 15 is 0 Å². The van der Waals surface area contributed by atoms with Gasteiger partial charge in [-0.15, -0.1) is 0 Å². The fourth-order valence-electron chi connectivity index (χ4n) is 2.41. The SMILES string of the molecule is CCCc1ccc(C(NCC)c2coc(C)c2)cc1. The molecule has 0 spiro atoms. The zero-order valence-electron chi connectivity index (χ0n) is 12.1. The van der Waals surface area contributed by atoms with E-state index in [1.807, 2.05) is 13.2 Å². The van der Waals surface area contributed by atoms with Crippen molar-refractivity contribution >= 4 is 0 Å². The molecule has 1 atom stereocenters. The minimum atomic E-state index is 0.220. The van der Waals surface area contributed by atoms with Gasteiger partial charge in [-0.05, 0) is 37.1 Å². The van der Waals surface area contributed by atoms with Crippen LogP contribution in [0, 0.1) is 6.92 Å². The zero-order chi connectivity index (χ0) is 13.7. The third-order valence-corrected chi connectivity index (χ3v) is 3.34. The third kappa shape index (κ3) is 3.48. The monoisotopic (exact) mass is 257 g/mol. The maximum absolute atomic E-state index is 5.44. The number of rotatable bonds is 6. The first kappa shape index (κ1) is 13.9. The van der Waals surface area contributed by atoms with Crippen molar-refractivity contribution in [2.75, 3.05) is 6.54 Å². The van der Waals surface area contributed by atoms with Crippen molar-refractivity contribution in [3.05, 3.63) is 59.0 Å². The number of nitrogens with one attached hydrogen (secondary N) is 1. The molecule has 19 heavy (non-hydrogen) atoms. The molecule has 2 heteroatoms. The lowest BCUT2D eigenvalue weighted by Gasteiger charge is -2.17. The molecular formula is C17H23NO. The molecule has 0 bridgehead atoms. The molecule has 102 valence electrons. The molecule has 1 unspecified atom stereocenters. The van der Waals surface area contributed by atoms with Crippen molar-refractivity contribution < 1.29 is 4.42 Å². The molecule has 0 amide bonds. The number of hydrogen-bond acceptors (Lipinski definition) is 2. The average Bonchev–Trinajstić information content (AvgIpc) is 2.84. The predicted molar refractivity (Wildman–Crippen MR) is 79.4 cm³/mol. The summed E-state index contributed by atoms with van der Waals surface area (Å²) in [4.78, 5) is 0. The summed E-state index contributed by atoms with van der Waals surface area (Å²) in [5, 5.41) is 3.52. The van der Waals surface area contributed by atoms with E-state index in [0.29, 0.717) is 0 Å². The van der Waals surface area contributed by atoms with Crippen LogP contribution in [-0.2, 0) is 6.42 Å². The quantitative estimate of drug-likeness (QED) is 0.837. The molecule has 1 heterocycles. The van der Waals surface area contributed by atoms with Gasteiger partial charge in [-0.1, -0.05) is 44.5 Å². The Morgan fingerprint density at radius 3 is 2.37 bits per heavy atom. The van der Waals surface area contributed by atoms with Gasteiger partial charge in [-0.3, -0.25) is 0 Å². The molecule has 2 nitrogen and oxygen atoms in total. The highest BCUT2D eigenvalue weighted by Gasteiger charge is 2.14. The van der Waals surface area contributed by atoms with E-state index in [2.05, 4.69) is 49.5 Å². The summed E-state index contributed by atoms with van der Waals surface area (Å²) in [6, 6.07) is 11.2. The molecule has 0 aliphatic heterocycles. The highest BCUT2D eigenvalue weighted by atomic mass is 16.3. The lowest BCUT2D eigenvalue weighted by Crippen LogP contribution is -2.21. The van der Waals surface area contributed by atoms with E-state index in [1.165, 1.54) is 23.1 Å². The van der Waals surface area contributed by atoms with Crippen LogP contribution in [0.5, 0.6) is 0 Å². The Hall–Kier alpha value is -1.54. The van der Waals surface area contributed by atoms with Crippen molar-refractivity contribution in [1.29, 1.82) is 0 Å². The topological polar surface area (TPSA) is 25.2 Å². The molecule has 2 aromatic rings. The summed E-state index contributed by atoms with van der Waals surface area (Å²) in [6.07, 6.45) is 4.19. The van der Waals surface area contributed by atoms with E-state index in [1.54, 1.807) is 0 Å². The van der Waals surface area contributed by atoms with Crippen LogP contribution in [0.1, 0.15) is 48.8 Å². The Morgan fingerprint density at radius 2 is 1.84 bits per heavy atom. The van der Waals surface area contributed by atoms with E-state index in [-0.39, 0.29) is 6.04 Å². The van der Waals surface area contributed by atoms with Crippen molar-refractivity contribution in [2.24, 2.45) is 0 Å². The molecule has 1 aromatic heterocycles. The highest BCUT2D eigenvalue weighted by molar-refractivity contribution is 5.33. The van der Waals surface area contributed by atoms with Crippen LogP contribution in [0.4, 0.5) is 0 Å². The second-order valence-electron chi connectivity index (χ2n) is 4.97. The third-order valence-electron chi connectivity index (χ3n) is 3.34. The first-order valence-corrected chi connectivity index (χ1v) is 7.11. The van der Waals surface area contributed by atoms with Crippen molar-refractivity contribution in [1.82, 2.24) is 5.32 Å². The summed E-state index contributed by atoms with van der Waals surface area (Å²) >= 11 is 0. The van der Waals surface area contributed by atoms with E-state index < -0.39 is 0 Å². The maximum Gasteiger partial charge on any atom is 0.101 e. The van der Waals surface area contributed by atoms with Crippen LogP contribution in [0.2, 0.25) is 0 Å². The molecule has 0 aliphatic carbocycles. The predicted octanol–water partition coefficient (Wildman–Crippen LogP) is 4.24. The van der Waals surface area contributed by atoms with Crippen LogP contribution >= 0.6 is 0 Å². The smallest absolute Gasteiger partial charge is 0.101 e. The number of furan rings is 1. The first-order chi connectivity index (χ1) is 9.24.